The number of fused-ring (bicyclic) bond motifs is 1. The number of carbonyl (C=O) groups is 1. The van der Waals surface area contributed by atoms with Crippen LogP contribution < -0.4 is 15.8 Å². The maximum absolute atomic E-state index is 14.4. The van der Waals surface area contributed by atoms with Crippen molar-refractivity contribution in [2.45, 2.75) is 38.8 Å². The molecule has 2 N–H and O–H groups in total. The van der Waals surface area contributed by atoms with Gasteiger partial charge in [0.15, 0.2) is 0 Å². The number of para-hydroxylation sites is 1. The highest BCUT2D eigenvalue weighted by Crippen LogP contribution is 2.34. The van der Waals surface area contributed by atoms with Gasteiger partial charge < -0.3 is 20.1 Å². The Labute approximate surface area is 194 Å². The van der Waals surface area contributed by atoms with E-state index in [4.69, 9.17) is 4.74 Å². The van der Waals surface area contributed by atoms with Crippen LogP contribution in [0.25, 0.3) is 5.65 Å². The minimum atomic E-state index is -3.07. The molecule has 3 aromatic rings. The second-order valence-corrected chi connectivity index (χ2v) is 8.61. The quantitative estimate of drug-likeness (QED) is 0.565. The van der Waals surface area contributed by atoms with Crippen LogP contribution in [0.2, 0.25) is 0 Å². The first-order valence-corrected chi connectivity index (χ1v) is 10.8. The number of pyridine rings is 1. The smallest absolute Gasteiger partial charge is 0.337 e. The number of ether oxygens (including phenoxy) is 1. The van der Waals surface area contributed by atoms with E-state index in [0.717, 1.165) is 5.56 Å². The lowest BCUT2D eigenvalue weighted by atomic mass is 10.1. The largest absolute Gasteiger partial charge is 0.478 e. The molecule has 0 amide bonds. The highest BCUT2D eigenvalue weighted by atomic mass is 19.3. The standard InChI is InChI=1S/C24H26F2N4O4/c1-13-9-17(15(3)27-18-8-6-5-7-16(18)23(32)33)21-28-20(14(2)22(31)30(21)10-13)29-11-19(34-4)24(25,26)12-29/h5-10,15,19,27H,11-12H2,1-4H3,(H,32,33)/t15-,19-/m1/s1. The third kappa shape index (κ3) is 4.09. The van der Waals surface area contributed by atoms with Gasteiger partial charge in [0.1, 0.15) is 17.6 Å². The van der Waals surface area contributed by atoms with Crippen LogP contribution in [0.3, 0.4) is 0 Å². The summed E-state index contributed by atoms with van der Waals surface area (Å²) in [6.45, 7) is 4.54. The molecule has 1 aliphatic rings. The number of anilines is 2. The van der Waals surface area contributed by atoms with Gasteiger partial charge in [0.25, 0.3) is 11.5 Å². The van der Waals surface area contributed by atoms with E-state index in [0.29, 0.717) is 16.9 Å². The number of nitrogens with zero attached hydrogens (tertiary/aromatic N) is 3. The number of nitrogens with one attached hydrogen (secondary N) is 1. The van der Waals surface area contributed by atoms with Gasteiger partial charge in [0.05, 0.1) is 30.3 Å². The van der Waals surface area contributed by atoms with Crippen molar-refractivity contribution in [3.8, 4) is 0 Å². The summed E-state index contributed by atoms with van der Waals surface area (Å²) in [7, 11) is 1.24. The summed E-state index contributed by atoms with van der Waals surface area (Å²) in [4.78, 5) is 30.9. The average Bonchev–Trinajstić information content (AvgIpc) is 3.10. The zero-order valence-electron chi connectivity index (χ0n) is 19.3. The summed E-state index contributed by atoms with van der Waals surface area (Å²) in [6, 6.07) is 7.92. The zero-order chi connectivity index (χ0) is 24.8. The number of methoxy groups -OCH3 is 1. The van der Waals surface area contributed by atoms with Crippen LogP contribution in [-0.2, 0) is 4.74 Å². The number of aromatic nitrogens is 2. The number of carboxylic acids is 1. The van der Waals surface area contributed by atoms with Crippen molar-refractivity contribution in [1.29, 1.82) is 0 Å². The Morgan fingerprint density at radius 3 is 2.68 bits per heavy atom. The molecule has 0 saturated carbocycles. The van der Waals surface area contributed by atoms with Crippen LogP contribution in [0, 0.1) is 13.8 Å². The molecular weight excluding hydrogens is 446 g/mol. The summed E-state index contributed by atoms with van der Waals surface area (Å²) in [5, 5.41) is 12.7. The fraction of sp³-hybridized carbons (Fsp3) is 0.375. The Kier molecular flexibility index (Phi) is 6.03. The molecule has 2 atom stereocenters. The minimum Gasteiger partial charge on any atom is -0.478 e. The lowest BCUT2D eigenvalue weighted by Gasteiger charge is -2.23. The van der Waals surface area contributed by atoms with Gasteiger partial charge in [-0.3, -0.25) is 9.20 Å². The van der Waals surface area contributed by atoms with E-state index in [1.807, 2.05) is 19.9 Å². The van der Waals surface area contributed by atoms with Gasteiger partial charge in [-0.1, -0.05) is 12.1 Å². The van der Waals surface area contributed by atoms with Crippen LogP contribution in [0.15, 0.2) is 41.3 Å². The molecule has 1 saturated heterocycles. The van der Waals surface area contributed by atoms with Crippen molar-refractivity contribution < 1.29 is 23.4 Å². The van der Waals surface area contributed by atoms with Gasteiger partial charge in [0.2, 0.25) is 0 Å². The predicted octanol–water partition coefficient (Wildman–Crippen LogP) is 3.65. The molecule has 8 nitrogen and oxygen atoms in total. The first-order valence-electron chi connectivity index (χ1n) is 10.8. The average molecular weight is 472 g/mol. The number of hydrogen-bond donors (Lipinski definition) is 2. The van der Waals surface area contributed by atoms with Crippen LogP contribution in [0.1, 0.15) is 40.0 Å². The van der Waals surface area contributed by atoms with E-state index >= 15 is 0 Å². The molecule has 0 spiro atoms. The first kappa shape index (κ1) is 23.6. The van der Waals surface area contributed by atoms with E-state index < -0.39 is 30.6 Å². The van der Waals surface area contributed by atoms with Gasteiger partial charge >= 0.3 is 5.97 Å². The van der Waals surface area contributed by atoms with E-state index in [-0.39, 0.29) is 29.0 Å². The molecule has 34 heavy (non-hydrogen) atoms. The number of hydrogen-bond acceptors (Lipinski definition) is 6. The molecule has 4 rings (SSSR count). The van der Waals surface area contributed by atoms with Gasteiger partial charge in [-0.25, -0.2) is 18.6 Å². The molecule has 1 aromatic carbocycles. The lowest BCUT2D eigenvalue weighted by Crippen LogP contribution is -2.33. The van der Waals surface area contributed by atoms with E-state index in [1.54, 1.807) is 31.3 Å². The summed E-state index contributed by atoms with van der Waals surface area (Å²) >= 11 is 0. The summed E-state index contributed by atoms with van der Waals surface area (Å²) < 4.78 is 35.1. The molecule has 10 heteroatoms. The Morgan fingerprint density at radius 2 is 2.03 bits per heavy atom. The minimum absolute atomic E-state index is 0.0893. The van der Waals surface area contributed by atoms with E-state index in [1.165, 1.54) is 22.5 Å². The van der Waals surface area contributed by atoms with E-state index in [2.05, 4.69) is 10.3 Å². The topological polar surface area (TPSA) is 96.2 Å². The summed E-state index contributed by atoms with van der Waals surface area (Å²) in [6.07, 6.45) is 0.358. The molecule has 1 aliphatic heterocycles. The van der Waals surface area contributed by atoms with Crippen molar-refractivity contribution in [1.82, 2.24) is 9.38 Å². The van der Waals surface area contributed by atoms with Crippen LogP contribution in [0.4, 0.5) is 20.3 Å². The van der Waals surface area contributed by atoms with Crippen LogP contribution in [0.5, 0.6) is 0 Å². The predicted molar refractivity (Wildman–Crippen MR) is 124 cm³/mol. The first-order chi connectivity index (χ1) is 16.0. The molecule has 0 radical (unpaired) electrons. The normalized spacial score (nSPS) is 18.3. The molecular formula is C24H26F2N4O4. The molecule has 3 heterocycles. The number of aryl methyl sites for hydroxylation is 1. The number of halogens is 2. The van der Waals surface area contributed by atoms with Gasteiger partial charge in [-0.2, -0.15) is 0 Å². The van der Waals surface area contributed by atoms with Gasteiger partial charge in [-0.15, -0.1) is 0 Å². The van der Waals surface area contributed by atoms with Gasteiger partial charge in [0, 0.05) is 24.6 Å². The molecule has 0 aliphatic carbocycles. The third-order valence-corrected chi connectivity index (χ3v) is 6.13. The number of benzene rings is 1. The molecule has 0 unspecified atom stereocenters. The van der Waals surface area contributed by atoms with Gasteiger partial charge in [-0.05, 0) is 44.5 Å². The Hall–Kier alpha value is -3.53. The Morgan fingerprint density at radius 1 is 1.32 bits per heavy atom. The Balaban J connectivity index is 1.82. The fourth-order valence-electron chi connectivity index (χ4n) is 4.38. The number of rotatable bonds is 6. The summed E-state index contributed by atoms with van der Waals surface area (Å²) in [5.74, 6) is -3.95. The lowest BCUT2D eigenvalue weighted by molar-refractivity contribution is -0.0889. The maximum Gasteiger partial charge on any atom is 0.337 e. The molecule has 2 aromatic heterocycles. The monoisotopic (exact) mass is 472 g/mol. The second kappa shape index (κ2) is 8.68. The highest BCUT2D eigenvalue weighted by molar-refractivity contribution is 5.94. The maximum atomic E-state index is 14.4. The SMILES string of the molecule is CO[C@@H]1CN(c2nc3c([C@@H](C)Nc4ccccc4C(=O)O)cc(C)cn3c(=O)c2C)CC1(F)F. The van der Waals surface area contributed by atoms with Crippen molar-refractivity contribution in [2.75, 3.05) is 30.4 Å². The highest BCUT2D eigenvalue weighted by Gasteiger charge is 2.49. The zero-order valence-corrected chi connectivity index (χ0v) is 19.3. The fourth-order valence-corrected chi connectivity index (χ4v) is 4.38. The number of alkyl halides is 2. The van der Waals surface area contributed by atoms with Crippen LogP contribution in [-0.4, -0.2) is 52.7 Å². The summed E-state index contributed by atoms with van der Waals surface area (Å²) in [5.41, 5.74) is 2.18. The third-order valence-electron chi connectivity index (χ3n) is 6.13. The second-order valence-electron chi connectivity index (χ2n) is 8.61. The Bertz CT molecular complexity index is 1320. The van der Waals surface area contributed by atoms with Crippen molar-refractivity contribution in [3.63, 3.8) is 0 Å². The van der Waals surface area contributed by atoms with Crippen molar-refractivity contribution >= 4 is 23.1 Å². The molecule has 180 valence electrons. The van der Waals surface area contributed by atoms with Crippen LogP contribution >= 0.6 is 0 Å². The van der Waals surface area contributed by atoms with Crippen molar-refractivity contribution in [3.05, 3.63) is 69.1 Å². The van der Waals surface area contributed by atoms with E-state index in [9.17, 15) is 23.5 Å². The number of aromatic carboxylic acids is 1. The van der Waals surface area contributed by atoms with Crippen molar-refractivity contribution in [2.24, 2.45) is 0 Å². The molecule has 1 fully saturated rings. The number of carboxylic acid groups (broad SMARTS) is 1. The molecule has 0 bridgehead atoms.